The molecule has 0 atom stereocenters. The third kappa shape index (κ3) is 10.5. The van der Waals surface area contributed by atoms with Crippen molar-refractivity contribution in [2.45, 2.75) is 32.6 Å². The number of carbonyl (C=O) groups is 1. The van der Waals surface area contributed by atoms with Gasteiger partial charge in [0.15, 0.2) is 5.96 Å². The molecule has 0 aliphatic heterocycles. The number of guanidine groups is 1. The first-order valence-electron chi connectivity index (χ1n) is 9.04. The SMILES string of the molecule is COCCNC(=NCC(=O)N(C)C)NCCc1ccc(C(C)(C)C)cc1.I. The zero-order valence-corrected chi connectivity index (χ0v) is 19.8. The maximum absolute atomic E-state index is 11.7. The van der Waals surface area contributed by atoms with Crippen molar-refractivity contribution in [1.82, 2.24) is 15.5 Å². The molecular weight excluding hydrogens is 455 g/mol. The van der Waals surface area contributed by atoms with E-state index in [1.165, 1.54) is 16.0 Å². The topological polar surface area (TPSA) is 66.0 Å². The number of rotatable bonds is 8. The minimum Gasteiger partial charge on any atom is -0.383 e. The molecule has 0 bridgehead atoms. The second kappa shape index (κ2) is 12.9. The molecule has 1 rings (SSSR count). The maximum Gasteiger partial charge on any atom is 0.243 e. The molecule has 0 saturated heterocycles. The van der Waals surface area contributed by atoms with Gasteiger partial charge in [-0.2, -0.15) is 0 Å². The van der Waals surface area contributed by atoms with Crippen LogP contribution in [0.5, 0.6) is 0 Å². The third-order valence-corrected chi connectivity index (χ3v) is 4.00. The molecule has 0 saturated carbocycles. The van der Waals surface area contributed by atoms with Crippen molar-refractivity contribution in [1.29, 1.82) is 0 Å². The van der Waals surface area contributed by atoms with Crippen molar-refractivity contribution in [2.24, 2.45) is 4.99 Å². The molecule has 0 aromatic heterocycles. The van der Waals surface area contributed by atoms with Gasteiger partial charge in [-0.3, -0.25) is 4.79 Å². The van der Waals surface area contributed by atoms with Crippen LogP contribution >= 0.6 is 24.0 Å². The number of hydrogen-bond donors (Lipinski definition) is 2. The number of carbonyl (C=O) groups excluding carboxylic acids is 1. The van der Waals surface area contributed by atoms with Crippen molar-refractivity contribution in [3.05, 3.63) is 35.4 Å². The van der Waals surface area contributed by atoms with Gasteiger partial charge < -0.3 is 20.3 Å². The van der Waals surface area contributed by atoms with Crippen LogP contribution in [0.2, 0.25) is 0 Å². The summed E-state index contributed by atoms with van der Waals surface area (Å²) in [6.07, 6.45) is 0.886. The molecule has 2 N–H and O–H groups in total. The molecule has 7 heteroatoms. The molecule has 0 spiro atoms. The van der Waals surface area contributed by atoms with Crippen molar-refractivity contribution >= 4 is 35.8 Å². The Kier molecular flexibility index (Phi) is 12.3. The van der Waals surface area contributed by atoms with E-state index in [1.54, 1.807) is 21.2 Å². The normalized spacial score (nSPS) is 11.6. The van der Waals surface area contributed by atoms with Gasteiger partial charge >= 0.3 is 0 Å². The lowest BCUT2D eigenvalue weighted by molar-refractivity contribution is -0.127. The van der Waals surface area contributed by atoms with Crippen LogP contribution in [0.15, 0.2) is 29.3 Å². The summed E-state index contributed by atoms with van der Waals surface area (Å²) >= 11 is 0. The van der Waals surface area contributed by atoms with Crippen molar-refractivity contribution in [3.63, 3.8) is 0 Å². The second-order valence-corrected chi connectivity index (χ2v) is 7.50. The van der Waals surface area contributed by atoms with Crippen LogP contribution < -0.4 is 10.6 Å². The number of nitrogens with one attached hydrogen (secondary N) is 2. The minimum atomic E-state index is -0.0318. The Balaban J connectivity index is 0.00000676. The fourth-order valence-corrected chi connectivity index (χ4v) is 2.23. The van der Waals surface area contributed by atoms with E-state index in [2.05, 4.69) is 60.7 Å². The Hall–Kier alpha value is -1.35. The van der Waals surface area contributed by atoms with Gasteiger partial charge in [0.1, 0.15) is 6.54 Å². The highest BCUT2D eigenvalue weighted by molar-refractivity contribution is 14.0. The molecule has 1 aromatic carbocycles. The van der Waals surface area contributed by atoms with Crippen LogP contribution in [0.25, 0.3) is 0 Å². The fourth-order valence-electron chi connectivity index (χ4n) is 2.23. The lowest BCUT2D eigenvalue weighted by Crippen LogP contribution is -2.40. The lowest BCUT2D eigenvalue weighted by atomic mass is 9.86. The summed E-state index contributed by atoms with van der Waals surface area (Å²) in [5, 5.41) is 6.45. The Bertz CT molecular complexity index is 581. The predicted molar refractivity (Wildman–Crippen MR) is 123 cm³/mol. The number of ether oxygens (including phenoxy) is 1. The first-order valence-corrected chi connectivity index (χ1v) is 9.04. The van der Waals surface area contributed by atoms with E-state index in [4.69, 9.17) is 4.74 Å². The molecule has 27 heavy (non-hydrogen) atoms. The van der Waals surface area contributed by atoms with Crippen molar-refractivity contribution in [3.8, 4) is 0 Å². The first kappa shape index (κ1) is 25.6. The monoisotopic (exact) mass is 490 g/mol. The van der Waals surface area contributed by atoms with Gasteiger partial charge in [0.05, 0.1) is 6.61 Å². The zero-order valence-electron chi connectivity index (χ0n) is 17.5. The summed E-state index contributed by atoms with van der Waals surface area (Å²) < 4.78 is 5.05. The molecule has 1 aromatic rings. The van der Waals surface area contributed by atoms with Gasteiger partial charge in [0.2, 0.25) is 5.91 Å². The summed E-state index contributed by atoms with van der Waals surface area (Å²) in [6.45, 7) is 8.72. The van der Waals surface area contributed by atoms with E-state index in [1.807, 2.05) is 0 Å². The van der Waals surface area contributed by atoms with Crippen LogP contribution in [0.4, 0.5) is 0 Å². The largest absolute Gasteiger partial charge is 0.383 e. The molecule has 1 amide bonds. The first-order chi connectivity index (χ1) is 12.2. The number of hydrogen-bond acceptors (Lipinski definition) is 3. The number of likely N-dealkylation sites (N-methyl/N-ethyl adjacent to an activating group) is 1. The average molecular weight is 490 g/mol. The fraction of sp³-hybridized carbons (Fsp3) is 0.600. The highest BCUT2D eigenvalue weighted by Gasteiger charge is 2.12. The van der Waals surface area contributed by atoms with Crippen LogP contribution in [0, 0.1) is 0 Å². The quantitative estimate of drug-likeness (QED) is 0.254. The third-order valence-electron chi connectivity index (χ3n) is 4.00. The van der Waals surface area contributed by atoms with Crippen LogP contribution in [0.3, 0.4) is 0 Å². The van der Waals surface area contributed by atoms with Crippen molar-refractivity contribution in [2.75, 3.05) is 47.4 Å². The standard InChI is InChI=1S/C20H34N4O2.HI/c1-20(2,3)17-9-7-16(8-10-17)11-12-21-19(22-13-14-26-6)23-15-18(25)24(4)5;/h7-10H,11-15H2,1-6H3,(H2,21,22,23);1H. The van der Waals surface area contributed by atoms with Crippen molar-refractivity contribution < 1.29 is 9.53 Å². The molecule has 0 fully saturated rings. The minimum absolute atomic E-state index is 0. The summed E-state index contributed by atoms with van der Waals surface area (Å²) in [4.78, 5) is 17.6. The van der Waals surface area contributed by atoms with Gasteiger partial charge in [-0.05, 0) is 23.0 Å². The smallest absolute Gasteiger partial charge is 0.243 e. The lowest BCUT2D eigenvalue weighted by Gasteiger charge is -2.19. The van der Waals surface area contributed by atoms with E-state index >= 15 is 0 Å². The highest BCUT2D eigenvalue weighted by Crippen LogP contribution is 2.22. The Labute approximate surface area is 181 Å². The number of aliphatic imine (C=N–C) groups is 1. The molecule has 0 aliphatic rings. The number of methoxy groups -OCH3 is 1. The Morgan fingerprint density at radius 2 is 1.70 bits per heavy atom. The van der Waals surface area contributed by atoms with Gasteiger partial charge in [0.25, 0.3) is 0 Å². The van der Waals surface area contributed by atoms with E-state index < -0.39 is 0 Å². The summed E-state index contributed by atoms with van der Waals surface area (Å²) in [5.41, 5.74) is 2.77. The molecule has 0 unspecified atom stereocenters. The predicted octanol–water partition coefficient (Wildman–Crippen LogP) is 2.41. The number of benzene rings is 1. The molecule has 0 radical (unpaired) electrons. The van der Waals surface area contributed by atoms with E-state index in [9.17, 15) is 4.79 Å². The maximum atomic E-state index is 11.7. The van der Waals surface area contributed by atoms with E-state index in [-0.39, 0.29) is 41.8 Å². The van der Waals surface area contributed by atoms with E-state index in [0.29, 0.717) is 19.1 Å². The zero-order chi connectivity index (χ0) is 19.6. The Morgan fingerprint density at radius 3 is 2.22 bits per heavy atom. The second-order valence-electron chi connectivity index (χ2n) is 7.50. The van der Waals surface area contributed by atoms with Gasteiger partial charge in [0, 0.05) is 34.3 Å². The summed E-state index contributed by atoms with van der Waals surface area (Å²) in [5.74, 6) is 0.596. The van der Waals surface area contributed by atoms with Crippen LogP contribution in [-0.4, -0.2) is 64.2 Å². The van der Waals surface area contributed by atoms with Crippen LogP contribution in [-0.2, 0) is 21.4 Å². The molecule has 154 valence electrons. The Morgan fingerprint density at radius 1 is 1.11 bits per heavy atom. The molecule has 0 aliphatic carbocycles. The summed E-state index contributed by atoms with van der Waals surface area (Å²) in [7, 11) is 5.11. The highest BCUT2D eigenvalue weighted by atomic mass is 127. The molecule has 6 nitrogen and oxygen atoms in total. The van der Waals surface area contributed by atoms with E-state index in [0.717, 1.165) is 13.0 Å². The summed E-state index contributed by atoms with van der Waals surface area (Å²) in [6, 6.07) is 8.73. The van der Waals surface area contributed by atoms with Gasteiger partial charge in [-0.15, -0.1) is 24.0 Å². The molecule has 0 heterocycles. The number of amides is 1. The molecular formula is C20H35IN4O2. The van der Waals surface area contributed by atoms with Gasteiger partial charge in [-0.25, -0.2) is 4.99 Å². The average Bonchev–Trinajstić information content (AvgIpc) is 2.58. The van der Waals surface area contributed by atoms with Crippen LogP contribution in [0.1, 0.15) is 31.9 Å². The van der Waals surface area contributed by atoms with Gasteiger partial charge in [-0.1, -0.05) is 45.0 Å². The number of halogens is 1. The number of nitrogens with zero attached hydrogens (tertiary/aromatic N) is 2.